The van der Waals surface area contributed by atoms with Crippen molar-refractivity contribution >= 4 is 5.91 Å². The van der Waals surface area contributed by atoms with Crippen molar-refractivity contribution in [2.45, 2.75) is 6.42 Å². The molecule has 0 spiro atoms. The molecule has 1 aliphatic heterocycles. The van der Waals surface area contributed by atoms with Gasteiger partial charge in [-0.15, -0.1) is 0 Å². The van der Waals surface area contributed by atoms with Crippen molar-refractivity contribution in [3.63, 3.8) is 0 Å². The third-order valence-corrected chi connectivity index (χ3v) is 3.95. The molecule has 1 aliphatic rings. The largest absolute Gasteiger partial charge is 0.379 e. The average Bonchev–Trinajstić information content (AvgIpc) is 3.10. The van der Waals surface area contributed by atoms with Gasteiger partial charge in [0.2, 0.25) is 0 Å². The summed E-state index contributed by atoms with van der Waals surface area (Å²) in [5, 5.41) is 2.98. The zero-order valence-corrected chi connectivity index (χ0v) is 13.1. The van der Waals surface area contributed by atoms with Crippen LogP contribution in [0.25, 0.3) is 5.69 Å². The molecule has 1 fully saturated rings. The van der Waals surface area contributed by atoms with Gasteiger partial charge >= 0.3 is 0 Å². The van der Waals surface area contributed by atoms with Crippen LogP contribution in [-0.2, 0) is 4.74 Å². The molecule has 0 bridgehead atoms. The molecule has 2 aromatic rings. The second kappa shape index (κ2) is 7.89. The lowest BCUT2D eigenvalue weighted by atomic mass is 10.3. The first-order valence-corrected chi connectivity index (χ1v) is 8.00. The minimum atomic E-state index is -0.0895. The number of carbonyl (C=O) groups is 1. The molecular weight excluding hydrogens is 292 g/mol. The molecule has 0 atom stereocenters. The number of aromatic nitrogens is 2. The summed E-state index contributed by atoms with van der Waals surface area (Å²) >= 11 is 0. The van der Waals surface area contributed by atoms with Gasteiger partial charge in [0, 0.05) is 25.3 Å². The summed E-state index contributed by atoms with van der Waals surface area (Å²) in [7, 11) is 0. The Morgan fingerprint density at radius 2 is 2.00 bits per heavy atom. The number of carbonyl (C=O) groups excluding carboxylic acids is 1. The number of hydrogen-bond acceptors (Lipinski definition) is 4. The molecule has 23 heavy (non-hydrogen) atoms. The number of para-hydroxylation sites is 1. The number of hydrogen-bond donors (Lipinski definition) is 1. The molecule has 3 rings (SSSR count). The van der Waals surface area contributed by atoms with Crippen LogP contribution in [-0.4, -0.2) is 59.8 Å². The Kier molecular flexibility index (Phi) is 5.39. The fourth-order valence-corrected chi connectivity index (χ4v) is 2.68. The monoisotopic (exact) mass is 314 g/mol. The molecule has 0 saturated carbocycles. The van der Waals surface area contributed by atoms with Crippen molar-refractivity contribution in [2.75, 3.05) is 39.4 Å². The quantitative estimate of drug-likeness (QED) is 0.817. The fourth-order valence-electron chi connectivity index (χ4n) is 2.68. The summed E-state index contributed by atoms with van der Waals surface area (Å²) in [5.74, 6) is -0.0895. The van der Waals surface area contributed by atoms with E-state index < -0.39 is 0 Å². The lowest BCUT2D eigenvalue weighted by Gasteiger charge is -2.26. The average molecular weight is 314 g/mol. The van der Waals surface area contributed by atoms with Crippen molar-refractivity contribution in [1.82, 2.24) is 19.8 Å². The molecule has 6 heteroatoms. The van der Waals surface area contributed by atoms with Crippen molar-refractivity contribution in [2.24, 2.45) is 0 Å². The Morgan fingerprint density at radius 3 is 2.78 bits per heavy atom. The molecule has 122 valence electrons. The number of ether oxygens (including phenoxy) is 1. The van der Waals surface area contributed by atoms with E-state index in [2.05, 4.69) is 15.2 Å². The summed E-state index contributed by atoms with van der Waals surface area (Å²) in [4.78, 5) is 18.8. The third kappa shape index (κ3) is 4.18. The van der Waals surface area contributed by atoms with Crippen LogP contribution in [0.5, 0.6) is 0 Å². The second-order valence-electron chi connectivity index (χ2n) is 5.55. The highest BCUT2D eigenvalue weighted by Gasteiger charge is 2.13. The first-order valence-electron chi connectivity index (χ1n) is 8.00. The Bertz CT molecular complexity index is 621. The number of morpholine rings is 1. The van der Waals surface area contributed by atoms with Gasteiger partial charge in [0.1, 0.15) is 5.69 Å². The first-order chi connectivity index (χ1) is 11.3. The van der Waals surface area contributed by atoms with Gasteiger partial charge in [0.25, 0.3) is 5.91 Å². The van der Waals surface area contributed by atoms with Crippen molar-refractivity contribution in [3.05, 3.63) is 48.5 Å². The number of benzene rings is 1. The van der Waals surface area contributed by atoms with Gasteiger partial charge in [0.05, 0.1) is 25.7 Å². The molecule has 0 aliphatic carbocycles. The predicted molar refractivity (Wildman–Crippen MR) is 87.8 cm³/mol. The van der Waals surface area contributed by atoms with E-state index in [1.165, 1.54) is 0 Å². The van der Waals surface area contributed by atoms with Crippen LogP contribution in [0.2, 0.25) is 0 Å². The van der Waals surface area contributed by atoms with Crippen LogP contribution in [0, 0.1) is 0 Å². The third-order valence-electron chi connectivity index (χ3n) is 3.95. The van der Waals surface area contributed by atoms with E-state index in [9.17, 15) is 4.79 Å². The van der Waals surface area contributed by atoms with Crippen LogP contribution >= 0.6 is 0 Å². The van der Waals surface area contributed by atoms with Gasteiger partial charge in [-0.1, -0.05) is 18.2 Å². The summed E-state index contributed by atoms with van der Waals surface area (Å²) in [6.45, 7) is 5.23. The Balaban J connectivity index is 1.50. The second-order valence-corrected chi connectivity index (χ2v) is 5.55. The zero-order valence-electron chi connectivity index (χ0n) is 13.1. The summed E-state index contributed by atoms with van der Waals surface area (Å²) in [6, 6.07) is 9.75. The number of amides is 1. The van der Waals surface area contributed by atoms with Gasteiger partial charge in [0.15, 0.2) is 0 Å². The molecular formula is C17H22N4O2. The van der Waals surface area contributed by atoms with E-state index in [0.29, 0.717) is 12.2 Å². The SMILES string of the molecule is O=C(NCCCN1CCOCC1)c1cncn1-c1ccccc1. The standard InChI is InChI=1S/C17H22N4O2/c22-17(19-7-4-8-20-9-11-23-12-10-20)16-13-18-14-21(16)15-5-2-1-3-6-15/h1-3,5-6,13-14H,4,7-12H2,(H,19,22). The van der Waals surface area contributed by atoms with Gasteiger partial charge in [-0.25, -0.2) is 4.98 Å². The highest BCUT2D eigenvalue weighted by molar-refractivity contribution is 5.92. The van der Waals surface area contributed by atoms with Crippen molar-refractivity contribution in [3.8, 4) is 5.69 Å². The molecule has 0 radical (unpaired) electrons. The van der Waals surface area contributed by atoms with Gasteiger partial charge < -0.3 is 10.1 Å². The zero-order chi connectivity index (χ0) is 15.9. The van der Waals surface area contributed by atoms with Crippen LogP contribution in [0.15, 0.2) is 42.9 Å². The van der Waals surface area contributed by atoms with Gasteiger partial charge in [-0.05, 0) is 25.1 Å². The minimum Gasteiger partial charge on any atom is -0.379 e. The van der Waals surface area contributed by atoms with Crippen molar-refractivity contribution < 1.29 is 9.53 Å². The lowest BCUT2D eigenvalue weighted by molar-refractivity contribution is 0.0374. The highest BCUT2D eigenvalue weighted by Crippen LogP contribution is 2.10. The summed E-state index contributed by atoms with van der Waals surface area (Å²) in [6.07, 6.45) is 4.20. The topological polar surface area (TPSA) is 59.4 Å². The normalized spacial score (nSPS) is 15.5. The van der Waals surface area contributed by atoms with Gasteiger partial charge in [-0.3, -0.25) is 14.3 Å². The smallest absolute Gasteiger partial charge is 0.269 e. The lowest BCUT2D eigenvalue weighted by Crippen LogP contribution is -2.38. The van der Waals surface area contributed by atoms with E-state index in [-0.39, 0.29) is 5.91 Å². The molecule has 1 amide bonds. The highest BCUT2D eigenvalue weighted by atomic mass is 16.5. The van der Waals surface area contributed by atoms with Crippen LogP contribution in [0.4, 0.5) is 0 Å². The fraction of sp³-hybridized carbons (Fsp3) is 0.412. The first kappa shape index (κ1) is 15.7. The Labute approximate surface area is 136 Å². The van der Waals surface area contributed by atoms with Crippen LogP contribution < -0.4 is 5.32 Å². The number of rotatable bonds is 6. The summed E-state index contributed by atoms with van der Waals surface area (Å²) in [5.41, 5.74) is 1.49. The van der Waals surface area contributed by atoms with Crippen LogP contribution in [0.1, 0.15) is 16.9 Å². The predicted octanol–water partition coefficient (Wildman–Crippen LogP) is 1.32. The molecule has 1 aromatic carbocycles. The maximum absolute atomic E-state index is 12.3. The molecule has 1 saturated heterocycles. The van der Waals surface area contributed by atoms with Crippen LogP contribution in [0.3, 0.4) is 0 Å². The molecule has 2 heterocycles. The number of nitrogens with one attached hydrogen (secondary N) is 1. The molecule has 1 N–H and O–H groups in total. The maximum atomic E-state index is 12.3. The maximum Gasteiger partial charge on any atom is 0.269 e. The molecule has 6 nitrogen and oxygen atoms in total. The van der Waals surface area contributed by atoms with E-state index in [4.69, 9.17) is 4.74 Å². The van der Waals surface area contributed by atoms with E-state index in [1.54, 1.807) is 17.1 Å². The van der Waals surface area contributed by atoms with Crippen molar-refractivity contribution in [1.29, 1.82) is 0 Å². The van der Waals surface area contributed by atoms with E-state index in [0.717, 1.165) is 45.0 Å². The minimum absolute atomic E-state index is 0.0895. The van der Waals surface area contributed by atoms with Gasteiger partial charge in [-0.2, -0.15) is 0 Å². The Hall–Kier alpha value is -2.18. The van der Waals surface area contributed by atoms with E-state index in [1.807, 2.05) is 30.3 Å². The molecule has 0 unspecified atom stereocenters. The summed E-state index contributed by atoms with van der Waals surface area (Å²) < 4.78 is 7.13. The number of nitrogens with zero attached hydrogens (tertiary/aromatic N) is 3. The van der Waals surface area contributed by atoms with E-state index >= 15 is 0 Å². The Morgan fingerprint density at radius 1 is 1.22 bits per heavy atom. The molecule has 1 aromatic heterocycles. The number of imidazole rings is 1.